The van der Waals surface area contributed by atoms with Gasteiger partial charge in [0.1, 0.15) is 0 Å². The second-order valence-electron chi connectivity index (χ2n) is 7.93. The molecule has 154 valence electrons. The first-order chi connectivity index (χ1) is 15.5. The molecule has 0 radical (unpaired) electrons. The zero-order valence-electron chi connectivity index (χ0n) is 16.8. The van der Waals surface area contributed by atoms with Crippen LogP contribution in [0.1, 0.15) is 5.69 Å². The number of fused-ring (bicyclic) bond motifs is 6. The van der Waals surface area contributed by atoms with Crippen LogP contribution in [0.4, 0.5) is 13.2 Å². The lowest BCUT2D eigenvalue weighted by atomic mass is 9.90. The van der Waals surface area contributed by atoms with E-state index in [2.05, 4.69) is 4.98 Å². The Kier molecular flexibility index (Phi) is 3.99. The minimum absolute atomic E-state index is 0.123. The fourth-order valence-corrected chi connectivity index (χ4v) is 4.63. The van der Waals surface area contributed by atoms with E-state index in [9.17, 15) is 13.2 Å². The molecule has 1 heterocycles. The Morgan fingerprint density at radius 3 is 1.91 bits per heavy atom. The van der Waals surface area contributed by atoms with Crippen LogP contribution in [0.2, 0.25) is 0 Å². The van der Waals surface area contributed by atoms with Gasteiger partial charge in [-0.3, -0.25) is 0 Å². The molecule has 0 aliphatic carbocycles. The van der Waals surface area contributed by atoms with Gasteiger partial charge >= 0.3 is 6.18 Å². The van der Waals surface area contributed by atoms with Crippen LogP contribution in [-0.2, 0) is 6.18 Å². The molecule has 0 aliphatic heterocycles. The van der Waals surface area contributed by atoms with Crippen LogP contribution in [0.3, 0.4) is 0 Å². The Balaban J connectivity index is 1.89. The van der Waals surface area contributed by atoms with Crippen LogP contribution in [0.25, 0.3) is 54.3 Å². The standard InChI is InChI=1S/C28H16F3N/c29-28(30,31)27-24-16-22(17-8-2-1-3-9-17)20-12-6-7-13-21(20)26(24)23-14-18-10-4-5-11-19(18)15-25(23)32-27/h1-16H. The molecule has 6 aromatic rings. The van der Waals surface area contributed by atoms with Gasteiger partial charge < -0.3 is 0 Å². The number of hydrogen-bond acceptors (Lipinski definition) is 1. The molecule has 0 spiro atoms. The van der Waals surface area contributed by atoms with E-state index < -0.39 is 11.9 Å². The number of aromatic nitrogens is 1. The molecule has 5 aromatic carbocycles. The van der Waals surface area contributed by atoms with Gasteiger partial charge in [-0.05, 0) is 50.9 Å². The summed E-state index contributed by atoms with van der Waals surface area (Å²) >= 11 is 0. The summed E-state index contributed by atoms with van der Waals surface area (Å²) in [4.78, 5) is 4.14. The first-order valence-corrected chi connectivity index (χ1v) is 10.3. The quantitative estimate of drug-likeness (QED) is 0.191. The van der Waals surface area contributed by atoms with E-state index in [1.54, 1.807) is 12.1 Å². The number of rotatable bonds is 1. The highest BCUT2D eigenvalue weighted by molar-refractivity contribution is 6.24. The number of nitrogens with zero attached hydrogens (tertiary/aromatic N) is 1. The monoisotopic (exact) mass is 423 g/mol. The highest BCUT2D eigenvalue weighted by Crippen LogP contribution is 2.43. The maximum Gasteiger partial charge on any atom is 0.433 e. The number of benzene rings is 5. The van der Waals surface area contributed by atoms with E-state index >= 15 is 0 Å². The third-order valence-corrected chi connectivity index (χ3v) is 6.02. The van der Waals surface area contributed by atoms with E-state index in [-0.39, 0.29) is 5.39 Å². The topological polar surface area (TPSA) is 12.9 Å². The third kappa shape index (κ3) is 2.83. The Morgan fingerprint density at radius 2 is 1.19 bits per heavy atom. The lowest BCUT2D eigenvalue weighted by Gasteiger charge is -2.17. The van der Waals surface area contributed by atoms with Crippen molar-refractivity contribution in [2.24, 2.45) is 0 Å². The fourth-order valence-electron chi connectivity index (χ4n) is 4.63. The van der Waals surface area contributed by atoms with Crippen molar-refractivity contribution >= 4 is 43.2 Å². The average molecular weight is 423 g/mol. The molecule has 4 heteroatoms. The summed E-state index contributed by atoms with van der Waals surface area (Å²) in [5.74, 6) is 0. The zero-order valence-corrected chi connectivity index (χ0v) is 16.8. The van der Waals surface area contributed by atoms with Gasteiger partial charge in [0.05, 0.1) is 5.52 Å². The molecule has 0 amide bonds. The molecule has 0 aliphatic rings. The van der Waals surface area contributed by atoms with Crippen molar-refractivity contribution in [2.75, 3.05) is 0 Å². The molecule has 1 aromatic heterocycles. The Bertz CT molecular complexity index is 1650. The fraction of sp³-hybridized carbons (Fsp3) is 0.0357. The Labute approximate surface area is 181 Å². The molecular weight excluding hydrogens is 407 g/mol. The molecule has 0 fully saturated rings. The molecule has 1 nitrogen and oxygen atoms in total. The Morgan fingerprint density at radius 1 is 0.562 bits per heavy atom. The van der Waals surface area contributed by atoms with Crippen LogP contribution in [0, 0.1) is 0 Å². The van der Waals surface area contributed by atoms with E-state index in [1.165, 1.54) is 0 Å². The number of halogens is 3. The first kappa shape index (κ1) is 18.8. The summed E-state index contributed by atoms with van der Waals surface area (Å²) < 4.78 is 42.7. The summed E-state index contributed by atoms with van der Waals surface area (Å²) in [6.07, 6.45) is -4.57. The maximum absolute atomic E-state index is 14.2. The van der Waals surface area contributed by atoms with Crippen molar-refractivity contribution in [3.63, 3.8) is 0 Å². The van der Waals surface area contributed by atoms with Crippen LogP contribution in [-0.4, -0.2) is 4.98 Å². The molecule has 0 saturated carbocycles. The van der Waals surface area contributed by atoms with Crippen LogP contribution in [0.5, 0.6) is 0 Å². The van der Waals surface area contributed by atoms with Gasteiger partial charge in [0.15, 0.2) is 5.69 Å². The predicted octanol–water partition coefficient (Wildman–Crippen LogP) is 8.38. The van der Waals surface area contributed by atoms with Gasteiger partial charge in [-0.1, -0.05) is 78.9 Å². The summed E-state index contributed by atoms with van der Waals surface area (Å²) in [6.45, 7) is 0. The second kappa shape index (κ2) is 6.79. The SMILES string of the molecule is FC(F)(F)c1nc2cc3ccccc3cc2c2c1cc(-c1ccccc1)c1ccccc12. The van der Waals surface area contributed by atoms with Gasteiger partial charge in [-0.15, -0.1) is 0 Å². The van der Waals surface area contributed by atoms with Crippen LogP contribution >= 0.6 is 0 Å². The van der Waals surface area contributed by atoms with Crippen LogP contribution in [0.15, 0.2) is 97.1 Å². The summed E-state index contributed by atoms with van der Waals surface area (Å²) in [6, 6.07) is 30.2. The lowest BCUT2D eigenvalue weighted by Crippen LogP contribution is -2.09. The van der Waals surface area contributed by atoms with Gasteiger partial charge in [0.25, 0.3) is 0 Å². The molecule has 0 N–H and O–H groups in total. The van der Waals surface area contributed by atoms with Crippen molar-refractivity contribution in [3.05, 3.63) is 103 Å². The summed E-state index contributed by atoms with van der Waals surface area (Å²) in [5, 5.41) is 4.98. The smallest absolute Gasteiger partial charge is 0.243 e. The molecule has 6 rings (SSSR count). The normalized spacial score (nSPS) is 12.2. The van der Waals surface area contributed by atoms with Gasteiger partial charge in [-0.25, -0.2) is 4.98 Å². The second-order valence-corrected chi connectivity index (χ2v) is 7.93. The molecule has 0 bridgehead atoms. The van der Waals surface area contributed by atoms with Crippen LogP contribution < -0.4 is 0 Å². The zero-order chi connectivity index (χ0) is 21.9. The number of pyridine rings is 1. The molecule has 32 heavy (non-hydrogen) atoms. The van der Waals surface area contributed by atoms with Gasteiger partial charge in [0.2, 0.25) is 0 Å². The first-order valence-electron chi connectivity index (χ1n) is 10.3. The molecule has 0 unspecified atom stereocenters. The van der Waals surface area contributed by atoms with Gasteiger partial charge in [0, 0.05) is 16.2 Å². The van der Waals surface area contributed by atoms with Crippen molar-refractivity contribution in [2.45, 2.75) is 6.18 Å². The molecular formula is C28H16F3N. The van der Waals surface area contributed by atoms with Crippen molar-refractivity contribution in [1.82, 2.24) is 4.98 Å². The number of alkyl halides is 3. The maximum atomic E-state index is 14.2. The average Bonchev–Trinajstić information content (AvgIpc) is 2.81. The minimum Gasteiger partial charge on any atom is -0.243 e. The Hall–Kier alpha value is -3.92. The number of hydrogen-bond donors (Lipinski definition) is 0. The third-order valence-electron chi connectivity index (χ3n) is 6.02. The molecule has 0 saturated heterocycles. The van der Waals surface area contributed by atoms with Gasteiger partial charge in [-0.2, -0.15) is 13.2 Å². The van der Waals surface area contributed by atoms with Crippen molar-refractivity contribution < 1.29 is 13.2 Å². The largest absolute Gasteiger partial charge is 0.433 e. The van der Waals surface area contributed by atoms with E-state index in [4.69, 9.17) is 0 Å². The minimum atomic E-state index is -4.57. The van der Waals surface area contributed by atoms with E-state index in [1.807, 2.05) is 84.9 Å². The highest BCUT2D eigenvalue weighted by atomic mass is 19.4. The molecule has 0 atom stereocenters. The summed E-state index contributed by atoms with van der Waals surface area (Å²) in [5.41, 5.74) is 1.14. The van der Waals surface area contributed by atoms with E-state index in [0.717, 1.165) is 38.1 Å². The van der Waals surface area contributed by atoms with Crippen molar-refractivity contribution in [3.8, 4) is 11.1 Å². The lowest BCUT2D eigenvalue weighted by molar-refractivity contribution is -0.139. The predicted molar refractivity (Wildman–Crippen MR) is 125 cm³/mol. The van der Waals surface area contributed by atoms with Crippen molar-refractivity contribution in [1.29, 1.82) is 0 Å². The van der Waals surface area contributed by atoms with E-state index in [0.29, 0.717) is 10.9 Å². The summed E-state index contributed by atoms with van der Waals surface area (Å²) in [7, 11) is 0. The highest BCUT2D eigenvalue weighted by Gasteiger charge is 2.36.